The lowest BCUT2D eigenvalue weighted by Crippen LogP contribution is -2.11. The van der Waals surface area contributed by atoms with Crippen molar-refractivity contribution in [2.24, 2.45) is 0 Å². The number of hydrogen-bond donors (Lipinski definition) is 3. The maximum atomic E-state index is 12.6. The van der Waals surface area contributed by atoms with E-state index in [0.29, 0.717) is 22.1 Å². The van der Waals surface area contributed by atoms with Crippen LogP contribution in [0.25, 0.3) is 21.1 Å². The zero-order valence-electron chi connectivity index (χ0n) is 15.7. The van der Waals surface area contributed by atoms with Gasteiger partial charge in [0.15, 0.2) is 5.13 Å². The Kier molecular flexibility index (Phi) is 4.49. The SMILES string of the molecule is O=C(Nc1nc2ccc(NC(=O)c3cc4ccccc4[nH]3)cc2s1)c1ccccc1. The van der Waals surface area contributed by atoms with Gasteiger partial charge in [0.1, 0.15) is 5.69 Å². The molecule has 0 aliphatic heterocycles. The van der Waals surface area contributed by atoms with Gasteiger partial charge in [0.25, 0.3) is 11.8 Å². The molecule has 5 aromatic rings. The number of H-pyrrole nitrogens is 1. The van der Waals surface area contributed by atoms with Gasteiger partial charge in [0.05, 0.1) is 10.2 Å². The number of fused-ring (bicyclic) bond motifs is 2. The maximum absolute atomic E-state index is 12.6. The molecule has 0 unspecified atom stereocenters. The van der Waals surface area contributed by atoms with Crippen molar-refractivity contribution in [2.75, 3.05) is 10.6 Å². The molecule has 3 aromatic carbocycles. The van der Waals surface area contributed by atoms with Gasteiger partial charge in [0.2, 0.25) is 0 Å². The van der Waals surface area contributed by atoms with Crippen molar-refractivity contribution in [3.8, 4) is 0 Å². The zero-order valence-corrected chi connectivity index (χ0v) is 16.5. The number of amides is 2. The molecule has 0 radical (unpaired) electrons. The van der Waals surface area contributed by atoms with Gasteiger partial charge in [0, 0.05) is 22.2 Å². The van der Waals surface area contributed by atoms with Crippen LogP contribution in [0, 0.1) is 0 Å². The Morgan fingerprint density at radius 1 is 0.833 bits per heavy atom. The summed E-state index contributed by atoms with van der Waals surface area (Å²) in [7, 11) is 0. The van der Waals surface area contributed by atoms with Crippen molar-refractivity contribution < 1.29 is 9.59 Å². The van der Waals surface area contributed by atoms with Gasteiger partial charge in [-0.05, 0) is 42.5 Å². The summed E-state index contributed by atoms with van der Waals surface area (Å²) < 4.78 is 0.868. The summed E-state index contributed by atoms with van der Waals surface area (Å²) in [6.07, 6.45) is 0. The number of anilines is 2. The molecule has 3 N–H and O–H groups in total. The number of aromatic amines is 1. The van der Waals surface area contributed by atoms with E-state index in [0.717, 1.165) is 21.1 Å². The molecule has 6 nitrogen and oxygen atoms in total. The summed E-state index contributed by atoms with van der Waals surface area (Å²) in [6.45, 7) is 0. The third kappa shape index (κ3) is 3.54. The Morgan fingerprint density at radius 2 is 1.63 bits per heavy atom. The van der Waals surface area contributed by atoms with E-state index in [1.807, 2.05) is 60.7 Å². The molecule has 2 aromatic heterocycles. The molecule has 146 valence electrons. The summed E-state index contributed by atoms with van der Waals surface area (Å²) >= 11 is 1.36. The number of nitrogens with zero attached hydrogens (tertiary/aromatic N) is 1. The van der Waals surface area contributed by atoms with Crippen LogP contribution in [0.5, 0.6) is 0 Å². The van der Waals surface area contributed by atoms with E-state index in [1.54, 1.807) is 18.2 Å². The fraction of sp³-hybridized carbons (Fsp3) is 0. The molecule has 0 spiro atoms. The minimum Gasteiger partial charge on any atom is -0.351 e. The van der Waals surface area contributed by atoms with Gasteiger partial charge in [-0.25, -0.2) is 4.98 Å². The molecule has 0 saturated carbocycles. The Bertz CT molecular complexity index is 1360. The van der Waals surface area contributed by atoms with E-state index in [9.17, 15) is 9.59 Å². The molecule has 0 bridgehead atoms. The average Bonchev–Trinajstić information content (AvgIpc) is 3.37. The highest BCUT2D eigenvalue weighted by Gasteiger charge is 2.12. The van der Waals surface area contributed by atoms with Crippen LogP contribution in [0.4, 0.5) is 10.8 Å². The standard InChI is InChI=1S/C23H16N4O2S/c28-21(14-6-2-1-3-7-14)27-23-26-18-11-10-16(13-20(18)30-23)24-22(29)19-12-15-8-4-5-9-17(15)25-19/h1-13,25H,(H,24,29)(H,26,27,28). The van der Waals surface area contributed by atoms with Gasteiger partial charge < -0.3 is 10.3 Å². The lowest BCUT2D eigenvalue weighted by molar-refractivity contribution is 0.101. The van der Waals surface area contributed by atoms with E-state index in [2.05, 4.69) is 20.6 Å². The molecule has 0 aliphatic rings. The first-order chi connectivity index (χ1) is 14.7. The van der Waals surface area contributed by atoms with Crippen molar-refractivity contribution in [1.82, 2.24) is 9.97 Å². The monoisotopic (exact) mass is 412 g/mol. The van der Waals surface area contributed by atoms with Crippen LogP contribution in [0.1, 0.15) is 20.8 Å². The van der Waals surface area contributed by atoms with Crippen LogP contribution in [-0.2, 0) is 0 Å². The second-order valence-corrected chi connectivity index (χ2v) is 7.78. The Labute approximate surface area is 175 Å². The maximum Gasteiger partial charge on any atom is 0.272 e. The quantitative estimate of drug-likeness (QED) is 0.375. The van der Waals surface area contributed by atoms with Gasteiger partial charge >= 0.3 is 0 Å². The number of hydrogen-bond acceptors (Lipinski definition) is 4. The number of thiazole rings is 1. The zero-order chi connectivity index (χ0) is 20.5. The van der Waals surface area contributed by atoms with Crippen LogP contribution in [0.3, 0.4) is 0 Å². The molecule has 0 atom stereocenters. The van der Waals surface area contributed by atoms with Gasteiger partial charge in [-0.1, -0.05) is 47.7 Å². The van der Waals surface area contributed by atoms with Crippen LogP contribution in [0.2, 0.25) is 0 Å². The first-order valence-corrected chi connectivity index (χ1v) is 10.1. The highest BCUT2D eigenvalue weighted by atomic mass is 32.1. The van der Waals surface area contributed by atoms with Gasteiger partial charge in [-0.2, -0.15) is 0 Å². The lowest BCUT2D eigenvalue weighted by Gasteiger charge is -2.03. The van der Waals surface area contributed by atoms with E-state index in [-0.39, 0.29) is 11.8 Å². The van der Waals surface area contributed by atoms with Crippen LogP contribution in [0.15, 0.2) is 78.9 Å². The third-order valence-electron chi connectivity index (χ3n) is 4.68. The molecule has 5 rings (SSSR count). The summed E-state index contributed by atoms with van der Waals surface area (Å²) in [5, 5.41) is 7.23. The lowest BCUT2D eigenvalue weighted by atomic mass is 10.2. The molecular weight excluding hydrogens is 396 g/mol. The summed E-state index contributed by atoms with van der Waals surface area (Å²) in [6, 6.07) is 24.0. The molecular formula is C23H16N4O2S. The number of aromatic nitrogens is 2. The summed E-state index contributed by atoms with van der Waals surface area (Å²) in [5.41, 5.74) is 3.40. The largest absolute Gasteiger partial charge is 0.351 e. The van der Waals surface area contributed by atoms with Crippen LogP contribution >= 0.6 is 11.3 Å². The van der Waals surface area contributed by atoms with Crippen molar-refractivity contribution in [2.45, 2.75) is 0 Å². The minimum absolute atomic E-state index is 0.206. The Hall–Kier alpha value is -3.97. The van der Waals surface area contributed by atoms with Crippen molar-refractivity contribution in [1.29, 1.82) is 0 Å². The predicted octanol–water partition coefficient (Wildman–Crippen LogP) is 5.28. The molecule has 2 heterocycles. The van der Waals surface area contributed by atoms with Gasteiger partial charge in [-0.15, -0.1) is 0 Å². The van der Waals surface area contributed by atoms with Crippen molar-refractivity contribution >= 4 is 55.1 Å². The van der Waals surface area contributed by atoms with E-state index < -0.39 is 0 Å². The highest BCUT2D eigenvalue weighted by Crippen LogP contribution is 2.29. The van der Waals surface area contributed by atoms with Crippen molar-refractivity contribution in [3.05, 3.63) is 90.1 Å². The first kappa shape index (κ1) is 18.1. The second-order valence-electron chi connectivity index (χ2n) is 6.75. The normalized spacial score (nSPS) is 10.9. The molecule has 0 aliphatic carbocycles. The highest BCUT2D eigenvalue weighted by molar-refractivity contribution is 7.22. The molecule has 2 amide bonds. The van der Waals surface area contributed by atoms with Crippen LogP contribution < -0.4 is 10.6 Å². The first-order valence-electron chi connectivity index (χ1n) is 9.32. The molecule has 30 heavy (non-hydrogen) atoms. The number of rotatable bonds is 4. The summed E-state index contributed by atoms with van der Waals surface area (Å²) in [4.78, 5) is 32.5. The third-order valence-corrected chi connectivity index (χ3v) is 5.61. The molecule has 7 heteroatoms. The second kappa shape index (κ2) is 7.46. The number of carbonyl (C=O) groups excluding carboxylic acids is 2. The van der Waals surface area contributed by atoms with E-state index >= 15 is 0 Å². The average molecular weight is 412 g/mol. The molecule has 0 saturated heterocycles. The number of nitrogens with one attached hydrogen (secondary N) is 3. The van der Waals surface area contributed by atoms with Crippen LogP contribution in [-0.4, -0.2) is 21.8 Å². The topological polar surface area (TPSA) is 86.9 Å². The predicted molar refractivity (Wildman–Crippen MR) is 120 cm³/mol. The summed E-state index contributed by atoms with van der Waals surface area (Å²) in [5.74, 6) is -0.422. The smallest absolute Gasteiger partial charge is 0.272 e. The molecule has 0 fully saturated rings. The number of carbonyl (C=O) groups is 2. The van der Waals surface area contributed by atoms with E-state index in [4.69, 9.17) is 0 Å². The van der Waals surface area contributed by atoms with Gasteiger partial charge in [-0.3, -0.25) is 14.9 Å². The number of para-hydroxylation sites is 1. The Morgan fingerprint density at radius 3 is 2.47 bits per heavy atom. The van der Waals surface area contributed by atoms with E-state index in [1.165, 1.54) is 11.3 Å². The number of benzene rings is 3. The Balaban J connectivity index is 1.34. The fourth-order valence-electron chi connectivity index (χ4n) is 3.21. The van der Waals surface area contributed by atoms with Crippen molar-refractivity contribution in [3.63, 3.8) is 0 Å². The minimum atomic E-state index is -0.215. The fourth-order valence-corrected chi connectivity index (χ4v) is 4.11.